The van der Waals surface area contributed by atoms with Crippen molar-refractivity contribution in [2.24, 2.45) is 0 Å². The molecular formula is C26H24ClN3O4. The van der Waals surface area contributed by atoms with E-state index in [1.165, 1.54) is 0 Å². The maximum absolute atomic E-state index is 13.1. The number of rotatable bonds is 5. The minimum atomic E-state index is -0.911. The Labute approximate surface area is 202 Å². The standard InChI is InChI=1S/C26H24ClN3O4/c1-26-14-22(21-13-18(27)8-11-23(21)34-26)29-25(32)30(26)19-5-3-4-17(12-19)24(31)28-15-16-6-9-20(33-2)10-7-16/h3-13,22H,14-15H2,1-2H3,(H,28,31)(H,29,32)/t22-,26+/m0/s1. The average molecular weight is 478 g/mol. The van der Waals surface area contributed by atoms with Crippen LogP contribution in [0, 0.1) is 0 Å². The van der Waals surface area contributed by atoms with Gasteiger partial charge in [0.15, 0.2) is 5.72 Å². The van der Waals surface area contributed by atoms with Gasteiger partial charge in [0.05, 0.1) is 18.8 Å². The predicted molar refractivity (Wildman–Crippen MR) is 129 cm³/mol. The lowest BCUT2D eigenvalue weighted by Gasteiger charge is -2.50. The molecule has 8 heteroatoms. The van der Waals surface area contributed by atoms with E-state index in [1.54, 1.807) is 42.3 Å². The zero-order valence-electron chi connectivity index (χ0n) is 18.8. The SMILES string of the molecule is COc1ccc(CNC(=O)c2cccc(N3C(=O)N[C@H]4C[C@@]3(C)Oc3ccc(Cl)cc34)c2)cc1. The number of carbonyl (C=O) groups excluding carboxylic acids is 2. The molecule has 5 rings (SSSR count). The topological polar surface area (TPSA) is 79.9 Å². The molecule has 2 atom stereocenters. The number of fused-ring (bicyclic) bond motifs is 4. The Bertz CT molecular complexity index is 1260. The molecule has 174 valence electrons. The number of urea groups is 1. The lowest BCUT2D eigenvalue weighted by molar-refractivity contribution is 0.0378. The maximum atomic E-state index is 13.1. The van der Waals surface area contributed by atoms with Gasteiger partial charge in [0, 0.05) is 29.1 Å². The van der Waals surface area contributed by atoms with Crippen LogP contribution in [0.25, 0.3) is 0 Å². The molecule has 1 fully saturated rings. The van der Waals surface area contributed by atoms with Crippen molar-refractivity contribution in [1.29, 1.82) is 0 Å². The summed E-state index contributed by atoms with van der Waals surface area (Å²) in [5, 5.41) is 6.56. The fraction of sp³-hybridized carbons (Fsp3) is 0.231. The summed E-state index contributed by atoms with van der Waals surface area (Å²) in [5.41, 5.74) is 1.94. The molecule has 0 aliphatic carbocycles. The van der Waals surface area contributed by atoms with Gasteiger partial charge in [0.2, 0.25) is 0 Å². The fourth-order valence-electron chi connectivity index (χ4n) is 4.55. The number of halogens is 1. The number of nitrogens with one attached hydrogen (secondary N) is 2. The van der Waals surface area contributed by atoms with E-state index in [4.69, 9.17) is 21.1 Å². The molecule has 3 aromatic rings. The van der Waals surface area contributed by atoms with Crippen LogP contribution >= 0.6 is 11.6 Å². The number of nitrogens with zero attached hydrogens (tertiary/aromatic N) is 1. The van der Waals surface area contributed by atoms with E-state index in [0.29, 0.717) is 35.0 Å². The highest BCUT2D eigenvalue weighted by Gasteiger charge is 2.49. The quantitative estimate of drug-likeness (QED) is 0.539. The van der Waals surface area contributed by atoms with Crippen LogP contribution in [0.5, 0.6) is 11.5 Å². The van der Waals surface area contributed by atoms with Crippen molar-refractivity contribution in [2.75, 3.05) is 12.0 Å². The van der Waals surface area contributed by atoms with E-state index in [0.717, 1.165) is 16.9 Å². The monoisotopic (exact) mass is 477 g/mol. The molecular weight excluding hydrogens is 454 g/mol. The average Bonchev–Trinajstić information content (AvgIpc) is 2.83. The first-order chi connectivity index (χ1) is 16.4. The van der Waals surface area contributed by atoms with Crippen molar-refractivity contribution in [3.63, 3.8) is 0 Å². The number of ether oxygens (including phenoxy) is 2. The molecule has 3 amide bonds. The smallest absolute Gasteiger partial charge is 0.325 e. The summed E-state index contributed by atoms with van der Waals surface area (Å²) < 4.78 is 11.5. The van der Waals surface area contributed by atoms with Crippen molar-refractivity contribution in [3.8, 4) is 11.5 Å². The summed E-state index contributed by atoms with van der Waals surface area (Å²) in [4.78, 5) is 27.6. The highest BCUT2D eigenvalue weighted by Crippen LogP contribution is 2.46. The van der Waals surface area contributed by atoms with Crippen molar-refractivity contribution in [2.45, 2.75) is 31.7 Å². The summed E-state index contributed by atoms with van der Waals surface area (Å²) in [5.74, 6) is 1.21. The summed E-state index contributed by atoms with van der Waals surface area (Å²) in [6.45, 7) is 2.26. The van der Waals surface area contributed by atoms with Crippen LogP contribution in [0.3, 0.4) is 0 Å². The summed E-state index contributed by atoms with van der Waals surface area (Å²) in [6, 6.07) is 19.4. The number of benzene rings is 3. The Morgan fingerprint density at radius 1 is 1.21 bits per heavy atom. The molecule has 2 heterocycles. The van der Waals surface area contributed by atoms with Crippen LogP contribution < -0.4 is 25.0 Å². The van der Waals surface area contributed by atoms with Crippen LogP contribution in [-0.4, -0.2) is 24.8 Å². The number of hydrogen-bond acceptors (Lipinski definition) is 4. The Hall–Kier alpha value is -3.71. The molecule has 0 spiro atoms. The van der Waals surface area contributed by atoms with Crippen molar-refractivity contribution >= 4 is 29.2 Å². The van der Waals surface area contributed by atoms with Crippen molar-refractivity contribution in [3.05, 3.63) is 88.4 Å². The van der Waals surface area contributed by atoms with Gasteiger partial charge in [-0.2, -0.15) is 0 Å². The lowest BCUT2D eigenvalue weighted by Crippen LogP contribution is -2.65. The van der Waals surface area contributed by atoms with Crippen LogP contribution in [0.1, 0.15) is 40.9 Å². The van der Waals surface area contributed by atoms with Gasteiger partial charge in [-0.1, -0.05) is 29.8 Å². The third-order valence-electron chi connectivity index (χ3n) is 6.21. The van der Waals surface area contributed by atoms with Gasteiger partial charge < -0.3 is 20.1 Å². The second-order valence-electron chi connectivity index (χ2n) is 8.58. The molecule has 2 bridgehead atoms. The summed E-state index contributed by atoms with van der Waals surface area (Å²) in [6.07, 6.45) is 0.542. The molecule has 2 N–H and O–H groups in total. The predicted octanol–water partition coefficient (Wildman–Crippen LogP) is 5.05. The van der Waals surface area contributed by atoms with Crippen molar-refractivity contribution in [1.82, 2.24) is 10.6 Å². The van der Waals surface area contributed by atoms with Gasteiger partial charge in [0.1, 0.15) is 11.5 Å². The van der Waals surface area contributed by atoms with E-state index in [9.17, 15) is 9.59 Å². The van der Waals surface area contributed by atoms with Crippen molar-refractivity contribution < 1.29 is 19.1 Å². The normalized spacial score (nSPS) is 20.6. The van der Waals surface area contributed by atoms with Gasteiger partial charge >= 0.3 is 6.03 Å². The van der Waals surface area contributed by atoms with Gasteiger partial charge in [-0.3, -0.25) is 9.69 Å². The Kier molecular flexibility index (Phi) is 5.57. The first-order valence-corrected chi connectivity index (χ1v) is 11.3. The van der Waals surface area contributed by atoms with Crippen LogP contribution in [0.2, 0.25) is 5.02 Å². The first kappa shape index (κ1) is 22.1. The molecule has 1 saturated heterocycles. The molecule has 0 unspecified atom stereocenters. The third kappa shape index (κ3) is 4.03. The third-order valence-corrected chi connectivity index (χ3v) is 6.45. The second-order valence-corrected chi connectivity index (χ2v) is 9.02. The number of hydrogen-bond donors (Lipinski definition) is 2. The van der Waals surface area contributed by atoms with Crippen LogP contribution in [0.15, 0.2) is 66.7 Å². The summed E-state index contributed by atoms with van der Waals surface area (Å²) >= 11 is 6.15. The highest BCUT2D eigenvalue weighted by molar-refractivity contribution is 6.30. The number of anilines is 1. The summed E-state index contributed by atoms with van der Waals surface area (Å²) in [7, 11) is 1.61. The van der Waals surface area contributed by atoms with E-state index in [-0.39, 0.29) is 18.0 Å². The lowest BCUT2D eigenvalue weighted by atomic mass is 9.90. The van der Waals surface area contributed by atoms with Crippen LogP contribution in [0.4, 0.5) is 10.5 Å². The largest absolute Gasteiger partial charge is 0.497 e. The molecule has 2 aliphatic heterocycles. The van der Waals surface area contributed by atoms with Gasteiger partial charge in [-0.05, 0) is 61.0 Å². The van der Waals surface area contributed by atoms with E-state index in [1.807, 2.05) is 43.3 Å². The first-order valence-electron chi connectivity index (χ1n) is 11.0. The van der Waals surface area contributed by atoms with E-state index < -0.39 is 5.72 Å². The maximum Gasteiger partial charge on any atom is 0.325 e. The molecule has 3 aromatic carbocycles. The highest BCUT2D eigenvalue weighted by atomic mass is 35.5. The zero-order chi connectivity index (χ0) is 23.9. The Morgan fingerprint density at radius 2 is 2.00 bits per heavy atom. The minimum Gasteiger partial charge on any atom is -0.497 e. The second kappa shape index (κ2) is 8.57. The molecule has 7 nitrogen and oxygen atoms in total. The number of methoxy groups -OCH3 is 1. The molecule has 2 aliphatic rings. The van der Waals surface area contributed by atoms with E-state index in [2.05, 4.69) is 10.6 Å². The van der Waals surface area contributed by atoms with Crippen LogP contribution in [-0.2, 0) is 6.54 Å². The zero-order valence-corrected chi connectivity index (χ0v) is 19.6. The fourth-order valence-corrected chi connectivity index (χ4v) is 4.73. The van der Waals surface area contributed by atoms with Gasteiger partial charge in [-0.15, -0.1) is 0 Å². The number of amides is 3. The number of carbonyl (C=O) groups is 2. The van der Waals surface area contributed by atoms with Gasteiger partial charge in [-0.25, -0.2) is 4.79 Å². The Balaban J connectivity index is 1.36. The molecule has 0 radical (unpaired) electrons. The van der Waals surface area contributed by atoms with Gasteiger partial charge in [0.25, 0.3) is 5.91 Å². The van der Waals surface area contributed by atoms with E-state index >= 15 is 0 Å². The Morgan fingerprint density at radius 3 is 2.76 bits per heavy atom. The minimum absolute atomic E-state index is 0.202. The molecule has 34 heavy (non-hydrogen) atoms. The molecule has 0 aromatic heterocycles. The molecule has 0 saturated carbocycles.